The van der Waals surface area contributed by atoms with Gasteiger partial charge in [0, 0.05) is 11.6 Å². The molecule has 0 unspecified atom stereocenters. The Morgan fingerprint density at radius 2 is 2.14 bits per heavy atom. The van der Waals surface area contributed by atoms with Crippen molar-refractivity contribution in [3.8, 4) is 0 Å². The molecule has 0 aromatic carbocycles. The van der Waals surface area contributed by atoms with Crippen molar-refractivity contribution in [3.05, 3.63) is 53.1 Å². The Balaban J connectivity index is 1.73. The van der Waals surface area contributed by atoms with Crippen LogP contribution >= 0.6 is 0 Å². The highest BCUT2D eigenvalue weighted by Crippen LogP contribution is 2.39. The third kappa shape index (κ3) is 2.16. The summed E-state index contributed by atoms with van der Waals surface area (Å²) in [6.45, 7) is 2.36. The molecule has 3 aromatic rings. The molecule has 0 saturated heterocycles. The van der Waals surface area contributed by atoms with Crippen LogP contribution in [0.25, 0.3) is 5.52 Å². The van der Waals surface area contributed by atoms with E-state index in [1.807, 2.05) is 29.6 Å². The second-order valence-electron chi connectivity index (χ2n) is 5.83. The number of aromatic carboxylic acids is 1. The predicted molar refractivity (Wildman–Crippen MR) is 80.2 cm³/mol. The molecular weight excluding hydrogens is 280 g/mol. The van der Waals surface area contributed by atoms with Gasteiger partial charge in [-0.3, -0.25) is 4.68 Å². The summed E-state index contributed by atoms with van der Waals surface area (Å²) in [5.41, 5.74) is 4.11. The van der Waals surface area contributed by atoms with E-state index in [4.69, 9.17) is 10.2 Å². The molecule has 1 aliphatic rings. The number of carbonyl (C=O) groups is 1. The highest BCUT2D eigenvalue weighted by atomic mass is 16.4. The van der Waals surface area contributed by atoms with E-state index in [-0.39, 0.29) is 5.69 Å². The standard InChI is InChI=1S/C16H16N4O2/c1-10-7-15(16(21)22)17-19(10)9-13-4-2-3-12-8-14(11-5-6-11)18-20(12)13/h2-4,7-8,11H,5-6,9H2,1H3,(H,21,22). The van der Waals surface area contributed by atoms with Crippen molar-refractivity contribution in [2.45, 2.75) is 32.2 Å². The first-order valence-corrected chi connectivity index (χ1v) is 7.37. The molecule has 1 fully saturated rings. The molecule has 3 heterocycles. The summed E-state index contributed by atoms with van der Waals surface area (Å²) in [4.78, 5) is 11.0. The van der Waals surface area contributed by atoms with Gasteiger partial charge in [0.1, 0.15) is 0 Å². The van der Waals surface area contributed by atoms with Crippen molar-refractivity contribution >= 4 is 11.5 Å². The minimum absolute atomic E-state index is 0.0730. The average Bonchev–Trinajstić information content (AvgIpc) is 3.14. The highest BCUT2D eigenvalue weighted by Gasteiger charge is 2.26. The fourth-order valence-electron chi connectivity index (χ4n) is 2.72. The number of carboxylic acids is 1. The molecular formula is C16H16N4O2. The number of carboxylic acid groups (broad SMARTS) is 1. The first kappa shape index (κ1) is 13.1. The third-order valence-electron chi connectivity index (χ3n) is 4.09. The van der Waals surface area contributed by atoms with Crippen molar-refractivity contribution in [3.63, 3.8) is 0 Å². The normalized spacial score (nSPS) is 14.6. The smallest absolute Gasteiger partial charge is 0.356 e. The minimum Gasteiger partial charge on any atom is -0.476 e. The molecule has 112 valence electrons. The van der Waals surface area contributed by atoms with Crippen LogP contribution in [0.1, 0.15) is 46.3 Å². The quantitative estimate of drug-likeness (QED) is 0.802. The maximum absolute atomic E-state index is 11.0. The molecule has 1 saturated carbocycles. The number of rotatable bonds is 4. The second kappa shape index (κ2) is 4.69. The molecule has 0 bridgehead atoms. The summed E-state index contributed by atoms with van der Waals surface area (Å²) in [6.07, 6.45) is 2.44. The summed E-state index contributed by atoms with van der Waals surface area (Å²) in [5.74, 6) is -0.395. The molecule has 22 heavy (non-hydrogen) atoms. The van der Waals surface area contributed by atoms with Gasteiger partial charge in [0.2, 0.25) is 0 Å². The second-order valence-corrected chi connectivity index (χ2v) is 5.83. The number of pyridine rings is 1. The summed E-state index contributed by atoms with van der Waals surface area (Å²) in [5, 5.41) is 17.9. The van der Waals surface area contributed by atoms with Crippen LogP contribution in [-0.4, -0.2) is 30.5 Å². The van der Waals surface area contributed by atoms with Crippen LogP contribution in [0.5, 0.6) is 0 Å². The Morgan fingerprint density at radius 3 is 2.82 bits per heavy atom. The van der Waals surface area contributed by atoms with Crippen LogP contribution in [0.4, 0.5) is 0 Å². The Morgan fingerprint density at radius 1 is 1.32 bits per heavy atom. The number of nitrogens with zero attached hydrogens (tertiary/aromatic N) is 4. The van der Waals surface area contributed by atoms with Gasteiger partial charge >= 0.3 is 5.97 Å². The topological polar surface area (TPSA) is 72.4 Å². The fraction of sp³-hybridized carbons (Fsp3) is 0.312. The van der Waals surface area contributed by atoms with Crippen molar-refractivity contribution in [1.29, 1.82) is 0 Å². The fourth-order valence-corrected chi connectivity index (χ4v) is 2.72. The van der Waals surface area contributed by atoms with Crippen molar-refractivity contribution in [1.82, 2.24) is 19.4 Å². The number of aromatic nitrogens is 4. The summed E-state index contributed by atoms with van der Waals surface area (Å²) in [6, 6.07) is 9.76. The molecule has 0 atom stereocenters. The van der Waals surface area contributed by atoms with Gasteiger partial charge in [-0.05, 0) is 44.0 Å². The lowest BCUT2D eigenvalue weighted by Crippen LogP contribution is -2.09. The first-order valence-electron chi connectivity index (χ1n) is 7.37. The monoisotopic (exact) mass is 296 g/mol. The summed E-state index contributed by atoms with van der Waals surface area (Å²) < 4.78 is 3.64. The van der Waals surface area contributed by atoms with E-state index in [0.717, 1.165) is 22.6 Å². The van der Waals surface area contributed by atoms with E-state index < -0.39 is 5.97 Å². The molecule has 6 nitrogen and oxygen atoms in total. The molecule has 1 N–H and O–H groups in total. The SMILES string of the molecule is Cc1cc(C(=O)O)nn1Cc1cccc2cc(C3CC3)nn12. The average molecular weight is 296 g/mol. The van der Waals surface area contributed by atoms with E-state index in [1.54, 1.807) is 10.7 Å². The summed E-state index contributed by atoms with van der Waals surface area (Å²) in [7, 11) is 0. The number of aryl methyl sites for hydroxylation is 1. The van der Waals surface area contributed by atoms with Gasteiger partial charge in [0.25, 0.3) is 0 Å². The van der Waals surface area contributed by atoms with E-state index in [1.165, 1.54) is 12.8 Å². The van der Waals surface area contributed by atoms with Crippen molar-refractivity contribution in [2.75, 3.05) is 0 Å². The Hall–Kier alpha value is -2.63. The number of hydrogen-bond acceptors (Lipinski definition) is 3. The van der Waals surface area contributed by atoms with Gasteiger partial charge < -0.3 is 5.11 Å². The molecule has 0 radical (unpaired) electrons. The van der Waals surface area contributed by atoms with Crippen LogP contribution in [0.2, 0.25) is 0 Å². The molecule has 0 aliphatic heterocycles. The first-order chi connectivity index (χ1) is 10.6. The minimum atomic E-state index is -1.00. The van der Waals surface area contributed by atoms with Gasteiger partial charge in [0.15, 0.2) is 5.69 Å². The predicted octanol–water partition coefficient (Wildman–Crippen LogP) is 2.46. The largest absolute Gasteiger partial charge is 0.476 e. The highest BCUT2D eigenvalue weighted by molar-refractivity contribution is 5.85. The third-order valence-corrected chi connectivity index (χ3v) is 4.09. The zero-order valence-electron chi connectivity index (χ0n) is 12.2. The molecule has 0 amide bonds. The van der Waals surface area contributed by atoms with E-state index >= 15 is 0 Å². The molecule has 0 spiro atoms. The maximum atomic E-state index is 11.0. The van der Waals surface area contributed by atoms with Gasteiger partial charge in [-0.1, -0.05) is 6.07 Å². The van der Waals surface area contributed by atoms with Crippen LogP contribution in [-0.2, 0) is 6.54 Å². The van der Waals surface area contributed by atoms with E-state index in [9.17, 15) is 4.79 Å². The zero-order chi connectivity index (χ0) is 15.3. The van der Waals surface area contributed by atoms with Gasteiger partial charge in [-0.2, -0.15) is 10.2 Å². The Labute approximate surface area is 127 Å². The Bertz CT molecular complexity index is 874. The van der Waals surface area contributed by atoms with Crippen molar-refractivity contribution in [2.24, 2.45) is 0 Å². The summed E-state index contributed by atoms with van der Waals surface area (Å²) >= 11 is 0. The molecule has 4 rings (SSSR count). The lowest BCUT2D eigenvalue weighted by Gasteiger charge is -2.07. The van der Waals surface area contributed by atoms with Gasteiger partial charge in [-0.25, -0.2) is 9.31 Å². The van der Waals surface area contributed by atoms with Crippen LogP contribution in [0.3, 0.4) is 0 Å². The van der Waals surface area contributed by atoms with Gasteiger partial charge in [-0.15, -0.1) is 0 Å². The van der Waals surface area contributed by atoms with Crippen LogP contribution in [0, 0.1) is 6.92 Å². The lowest BCUT2D eigenvalue weighted by molar-refractivity contribution is 0.0689. The van der Waals surface area contributed by atoms with Gasteiger partial charge in [0.05, 0.1) is 23.4 Å². The number of fused-ring (bicyclic) bond motifs is 1. The number of hydrogen-bond donors (Lipinski definition) is 1. The zero-order valence-corrected chi connectivity index (χ0v) is 12.2. The van der Waals surface area contributed by atoms with Crippen LogP contribution in [0.15, 0.2) is 30.3 Å². The van der Waals surface area contributed by atoms with E-state index in [0.29, 0.717) is 12.5 Å². The Kier molecular flexibility index (Phi) is 2.79. The lowest BCUT2D eigenvalue weighted by atomic mass is 10.2. The molecule has 3 aromatic heterocycles. The molecule has 6 heteroatoms. The maximum Gasteiger partial charge on any atom is 0.356 e. The molecule has 1 aliphatic carbocycles. The van der Waals surface area contributed by atoms with Crippen LogP contribution < -0.4 is 0 Å². The van der Waals surface area contributed by atoms with Crippen molar-refractivity contribution < 1.29 is 9.90 Å². The van der Waals surface area contributed by atoms with E-state index in [2.05, 4.69) is 11.2 Å².